The van der Waals surface area contributed by atoms with E-state index in [0.717, 1.165) is 4.68 Å². The molecule has 0 radical (unpaired) electrons. The predicted molar refractivity (Wildman–Crippen MR) is 106 cm³/mol. The fraction of sp³-hybridized carbons (Fsp3) is 0.263. The third kappa shape index (κ3) is 4.17. The van der Waals surface area contributed by atoms with Gasteiger partial charge < -0.3 is 4.74 Å². The van der Waals surface area contributed by atoms with E-state index >= 15 is 0 Å². The largest absolute Gasteiger partial charge is 0.439 e. The summed E-state index contributed by atoms with van der Waals surface area (Å²) in [6.45, 7) is 3.05. The van der Waals surface area contributed by atoms with E-state index in [1.807, 2.05) is 0 Å². The van der Waals surface area contributed by atoms with E-state index in [2.05, 4.69) is 10.3 Å². The van der Waals surface area contributed by atoms with Crippen LogP contribution in [0.3, 0.4) is 0 Å². The summed E-state index contributed by atoms with van der Waals surface area (Å²) < 4.78 is 32.5. The van der Waals surface area contributed by atoms with Crippen LogP contribution < -0.4 is 5.56 Å². The molecule has 0 aliphatic carbocycles. The molecule has 9 nitrogen and oxygen atoms in total. The van der Waals surface area contributed by atoms with Gasteiger partial charge in [-0.15, -0.1) is 5.10 Å². The van der Waals surface area contributed by atoms with E-state index in [0.29, 0.717) is 10.9 Å². The van der Waals surface area contributed by atoms with Gasteiger partial charge in [-0.05, 0) is 44.2 Å². The minimum Gasteiger partial charge on any atom is -0.439 e. The lowest BCUT2D eigenvalue weighted by Crippen LogP contribution is -2.33. The molecule has 0 N–H and O–H groups in total. The molecule has 0 atom stereocenters. The molecule has 3 aromatic rings. The maximum absolute atomic E-state index is 12.6. The molecule has 0 aliphatic rings. The molecular formula is C19H20N4O5S. The zero-order valence-electron chi connectivity index (χ0n) is 16.1. The average molecular weight is 416 g/mol. The SMILES string of the molecule is CC(C)N(C)S(=O)(=O)c1cccc(C(=O)OCn2nnc3ccccc3c2=O)c1. The van der Waals surface area contributed by atoms with E-state index in [4.69, 9.17) is 4.74 Å². The molecule has 0 spiro atoms. The number of ether oxygens (including phenoxy) is 1. The lowest BCUT2D eigenvalue weighted by Gasteiger charge is -2.21. The molecule has 0 fully saturated rings. The molecule has 3 rings (SSSR count). The first kappa shape index (κ1) is 20.6. The molecule has 1 heterocycles. The number of sulfonamides is 1. The topological polar surface area (TPSA) is 111 Å². The third-order valence-corrected chi connectivity index (χ3v) is 6.45. The van der Waals surface area contributed by atoms with Gasteiger partial charge in [0.25, 0.3) is 5.56 Å². The summed E-state index contributed by atoms with van der Waals surface area (Å²) in [6.07, 6.45) is 0. The normalized spacial score (nSPS) is 11.9. The summed E-state index contributed by atoms with van der Waals surface area (Å²) in [5, 5.41) is 8.01. The summed E-state index contributed by atoms with van der Waals surface area (Å²) in [4.78, 5) is 24.7. The highest BCUT2D eigenvalue weighted by Gasteiger charge is 2.24. The maximum Gasteiger partial charge on any atom is 0.339 e. The van der Waals surface area contributed by atoms with Crippen LogP contribution in [0.15, 0.2) is 58.2 Å². The summed E-state index contributed by atoms with van der Waals surface area (Å²) in [7, 11) is -2.28. The molecular weight excluding hydrogens is 396 g/mol. The molecule has 29 heavy (non-hydrogen) atoms. The van der Waals surface area contributed by atoms with Gasteiger partial charge in [-0.2, -0.15) is 8.99 Å². The first-order valence-electron chi connectivity index (χ1n) is 8.79. The van der Waals surface area contributed by atoms with Crippen LogP contribution in [0.4, 0.5) is 0 Å². The number of carbonyl (C=O) groups excluding carboxylic acids is 1. The molecule has 1 aromatic heterocycles. The molecule has 0 amide bonds. The molecule has 0 saturated carbocycles. The van der Waals surface area contributed by atoms with Crippen molar-refractivity contribution in [1.29, 1.82) is 0 Å². The van der Waals surface area contributed by atoms with E-state index in [9.17, 15) is 18.0 Å². The number of hydrogen-bond donors (Lipinski definition) is 0. The van der Waals surface area contributed by atoms with Crippen molar-refractivity contribution >= 4 is 26.9 Å². The Labute approximate surface area is 167 Å². The van der Waals surface area contributed by atoms with Crippen molar-refractivity contribution in [2.24, 2.45) is 0 Å². The van der Waals surface area contributed by atoms with Gasteiger partial charge in [-0.25, -0.2) is 13.2 Å². The predicted octanol–water partition coefficient (Wildman–Crippen LogP) is 1.63. The quantitative estimate of drug-likeness (QED) is 0.562. The summed E-state index contributed by atoms with van der Waals surface area (Å²) in [6, 6.07) is 12.0. The standard InChI is InChI=1S/C19H20N4O5S/c1-13(2)22(3)29(26,27)15-8-6-7-14(11-15)19(25)28-12-23-18(24)16-9-4-5-10-17(16)20-21-23/h4-11,13H,12H2,1-3H3. The number of aromatic nitrogens is 3. The fourth-order valence-electron chi connectivity index (χ4n) is 2.54. The van der Waals surface area contributed by atoms with Crippen LogP contribution in [0.2, 0.25) is 0 Å². The average Bonchev–Trinajstić information content (AvgIpc) is 2.72. The van der Waals surface area contributed by atoms with Crippen molar-refractivity contribution in [2.45, 2.75) is 31.5 Å². The number of rotatable bonds is 6. The van der Waals surface area contributed by atoms with Crippen LogP contribution in [-0.4, -0.2) is 46.8 Å². The van der Waals surface area contributed by atoms with Crippen LogP contribution in [0.1, 0.15) is 24.2 Å². The van der Waals surface area contributed by atoms with Gasteiger partial charge in [-0.1, -0.05) is 23.4 Å². The van der Waals surface area contributed by atoms with E-state index in [1.54, 1.807) is 38.1 Å². The van der Waals surface area contributed by atoms with Crippen LogP contribution in [0.25, 0.3) is 10.9 Å². The molecule has 0 aliphatic heterocycles. The lowest BCUT2D eigenvalue weighted by molar-refractivity contribution is 0.0336. The summed E-state index contributed by atoms with van der Waals surface area (Å²) in [5.74, 6) is -0.781. The van der Waals surface area contributed by atoms with Crippen LogP contribution in [0.5, 0.6) is 0 Å². The van der Waals surface area contributed by atoms with Crippen molar-refractivity contribution in [3.05, 3.63) is 64.4 Å². The molecule has 10 heteroatoms. The van der Waals surface area contributed by atoms with Crippen LogP contribution >= 0.6 is 0 Å². The smallest absolute Gasteiger partial charge is 0.339 e. The van der Waals surface area contributed by atoms with E-state index in [1.165, 1.54) is 35.6 Å². The van der Waals surface area contributed by atoms with Crippen LogP contribution in [0, 0.1) is 0 Å². The number of esters is 1. The van der Waals surface area contributed by atoms with E-state index in [-0.39, 0.29) is 16.5 Å². The Morgan fingerprint density at radius 3 is 2.62 bits per heavy atom. The zero-order valence-corrected chi connectivity index (χ0v) is 17.0. The van der Waals surface area contributed by atoms with Crippen molar-refractivity contribution in [2.75, 3.05) is 7.05 Å². The maximum atomic E-state index is 12.6. The second-order valence-electron chi connectivity index (χ2n) is 6.62. The van der Waals surface area contributed by atoms with Crippen molar-refractivity contribution in [1.82, 2.24) is 19.3 Å². The van der Waals surface area contributed by atoms with E-state index < -0.39 is 28.3 Å². The Balaban J connectivity index is 1.80. The first-order chi connectivity index (χ1) is 13.7. The minimum absolute atomic E-state index is 0.0224. The number of benzene rings is 2. The van der Waals surface area contributed by atoms with Gasteiger partial charge in [-0.3, -0.25) is 4.79 Å². The van der Waals surface area contributed by atoms with Gasteiger partial charge in [0.2, 0.25) is 10.0 Å². The Morgan fingerprint density at radius 1 is 1.17 bits per heavy atom. The highest BCUT2D eigenvalue weighted by Crippen LogP contribution is 2.18. The zero-order chi connectivity index (χ0) is 21.2. The highest BCUT2D eigenvalue weighted by atomic mass is 32.2. The second kappa shape index (κ2) is 8.10. The molecule has 2 aromatic carbocycles. The van der Waals surface area contributed by atoms with Crippen molar-refractivity contribution in [3.8, 4) is 0 Å². The van der Waals surface area contributed by atoms with Crippen molar-refractivity contribution < 1.29 is 17.9 Å². The Hall–Kier alpha value is -3.11. The molecule has 152 valence electrons. The van der Waals surface area contributed by atoms with Gasteiger partial charge in [0, 0.05) is 13.1 Å². The van der Waals surface area contributed by atoms with Crippen LogP contribution in [-0.2, 0) is 21.5 Å². The van der Waals surface area contributed by atoms with Gasteiger partial charge in [0.05, 0.1) is 15.8 Å². The Morgan fingerprint density at radius 2 is 1.90 bits per heavy atom. The monoisotopic (exact) mass is 416 g/mol. The third-order valence-electron chi connectivity index (χ3n) is 4.42. The minimum atomic E-state index is -3.74. The Kier molecular flexibility index (Phi) is 5.76. The number of nitrogens with zero attached hydrogens (tertiary/aromatic N) is 4. The molecule has 0 saturated heterocycles. The Bertz CT molecular complexity index is 1220. The molecule has 0 bridgehead atoms. The number of fused-ring (bicyclic) bond motifs is 1. The second-order valence-corrected chi connectivity index (χ2v) is 8.61. The highest BCUT2D eigenvalue weighted by molar-refractivity contribution is 7.89. The van der Waals surface area contributed by atoms with Gasteiger partial charge >= 0.3 is 5.97 Å². The first-order valence-corrected chi connectivity index (χ1v) is 10.2. The van der Waals surface area contributed by atoms with Crippen molar-refractivity contribution in [3.63, 3.8) is 0 Å². The van der Waals surface area contributed by atoms with Gasteiger partial charge in [0.1, 0.15) is 5.52 Å². The number of hydrogen-bond acceptors (Lipinski definition) is 7. The fourth-order valence-corrected chi connectivity index (χ4v) is 3.95. The lowest BCUT2D eigenvalue weighted by atomic mass is 10.2. The van der Waals surface area contributed by atoms with Gasteiger partial charge in [0.15, 0.2) is 6.73 Å². The number of carbonyl (C=O) groups is 1. The summed E-state index contributed by atoms with van der Waals surface area (Å²) >= 11 is 0. The summed E-state index contributed by atoms with van der Waals surface area (Å²) in [5.41, 5.74) is 0.0376. The molecule has 0 unspecified atom stereocenters.